The first-order valence-electron chi connectivity index (χ1n) is 9.65. The summed E-state index contributed by atoms with van der Waals surface area (Å²) in [5, 5.41) is 4.01. The molecular formula is C20H25ClN6O. The van der Waals surface area contributed by atoms with Gasteiger partial charge < -0.3 is 20.9 Å². The molecule has 1 aromatic heterocycles. The first kappa shape index (κ1) is 19.0. The lowest BCUT2D eigenvalue weighted by Gasteiger charge is -2.37. The van der Waals surface area contributed by atoms with Crippen LogP contribution in [0.4, 0.5) is 11.6 Å². The van der Waals surface area contributed by atoms with Crippen molar-refractivity contribution in [2.75, 3.05) is 42.9 Å². The monoisotopic (exact) mass is 400 g/mol. The lowest BCUT2D eigenvalue weighted by Crippen LogP contribution is -2.54. The van der Waals surface area contributed by atoms with Gasteiger partial charge in [0.05, 0.1) is 6.04 Å². The Labute approximate surface area is 169 Å². The summed E-state index contributed by atoms with van der Waals surface area (Å²) >= 11 is 5.92. The molecule has 4 rings (SSSR count). The molecule has 1 saturated heterocycles. The number of nitrogens with zero attached hydrogens (tertiary/aromatic N) is 4. The number of nitrogens with one attached hydrogen (secondary N) is 1. The molecule has 1 aromatic carbocycles. The van der Waals surface area contributed by atoms with E-state index in [0.717, 1.165) is 36.8 Å². The summed E-state index contributed by atoms with van der Waals surface area (Å²) in [6, 6.07) is 6.93. The number of fused-ring (bicyclic) bond motifs is 1. The van der Waals surface area contributed by atoms with E-state index in [4.69, 9.17) is 17.3 Å². The van der Waals surface area contributed by atoms with Crippen LogP contribution in [-0.4, -0.2) is 59.5 Å². The predicted octanol–water partition coefficient (Wildman–Crippen LogP) is 1.88. The fourth-order valence-electron chi connectivity index (χ4n) is 3.92. The molecule has 0 spiro atoms. The Kier molecular flexibility index (Phi) is 5.37. The average Bonchev–Trinajstić information content (AvgIpc) is 3.10. The molecule has 3 N–H and O–H groups in total. The molecule has 2 aromatic rings. The van der Waals surface area contributed by atoms with E-state index in [1.165, 1.54) is 5.56 Å². The van der Waals surface area contributed by atoms with Crippen LogP contribution in [0.3, 0.4) is 0 Å². The standard InChI is InChI=1S/C20H25ClN6O/c1-13-11-23-18-17(13)19(25-12-24-18)26-6-8-27(9-7-26)20(28)16(22)10-14-2-4-15(21)5-3-14/h2-5,12-13,16H,6-11,22H2,1H3,(H,23,24,25)/t13?,16-/m1/s1. The van der Waals surface area contributed by atoms with Crippen LogP contribution in [0.25, 0.3) is 0 Å². The number of carbonyl (C=O) groups is 1. The van der Waals surface area contributed by atoms with Gasteiger partial charge in [-0.25, -0.2) is 9.97 Å². The predicted molar refractivity (Wildman–Crippen MR) is 111 cm³/mol. The van der Waals surface area contributed by atoms with Crippen LogP contribution in [0.2, 0.25) is 5.02 Å². The molecule has 0 radical (unpaired) electrons. The van der Waals surface area contributed by atoms with E-state index in [9.17, 15) is 4.79 Å². The second-order valence-electron chi connectivity index (χ2n) is 7.49. The number of hydrogen-bond acceptors (Lipinski definition) is 6. The summed E-state index contributed by atoms with van der Waals surface area (Å²) in [5.41, 5.74) is 8.39. The van der Waals surface area contributed by atoms with Gasteiger partial charge in [-0.15, -0.1) is 0 Å². The van der Waals surface area contributed by atoms with E-state index in [-0.39, 0.29) is 5.91 Å². The zero-order chi connectivity index (χ0) is 19.7. The van der Waals surface area contributed by atoms with Gasteiger partial charge in [0.25, 0.3) is 0 Å². The molecule has 0 saturated carbocycles. The summed E-state index contributed by atoms with van der Waals surface area (Å²) in [4.78, 5) is 25.7. The van der Waals surface area contributed by atoms with Gasteiger partial charge in [-0.3, -0.25) is 4.79 Å². The van der Waals surface area contributed by atoms with E-state index in [1.807, 2.05) is 29.2 Å². The van der Waals surface area contributed by atoms with Gasteiger partial charge in [0.15, 0.2) is 0 Å². The first-order valence-corrected chi connectivity index (χ1v) is 10.0. The summed E-state index contributed by atoms with van der Waals surface area (Å²) in [7, 11) is 0. The minimum absolute atomic E-state index is 0.00227. The van der Waals surface area contributed by atoms with Crippen LogP contribution < -0.4 is 16.0 Å². The molecule has 1 amide bonds. The van der Waals surface area contributed by atoms with Gasteiger partial charge in [-0.1, -0.05) is 30.7 Å². The summed E-state index contributed by atoms with van der Waals surface area (Å²) in [6.45, 7) is 5.85. The molecular weight excluding hydrogens is 376 g/mol. The van der Waals surface area contributed by atoms with Gasteiger partial charge in [-0.05, 0) is 24.1 Å². The quantitative estimate of drug-likeness (QED) is 0.814. The highest BCUT2D eigenvalue weighted by Crippen LogP contribution is 2.35. The van der Waals surface area contributed by atoms with Crippen LogP contribution in [-0.2, 0) is 11.2 Å². The fraction of sp³-hybridized carbons (Fsp3) is 0.450. The zero-order valence-corrected chi connectivity index (χ0v) is 16.7. The lowest BCUT2D eigenvalue weighted by atomic mass is 10.0. The van der Waals surface area contributed by atoms with Gasteiger partial charge in [0.1, 0.15) is 18.0 Å². The Bertz CT molecular complexity index is 850. The molecule has 0 bridgehead atoms. The maximum atomic E-state index is 12.8. The number of aromatic nitrogens is 2. The lowest BCUT2D eigenvalue weighted by molar-refractivity contribution is -0.132. The molecule has 7 nitrogen and oxygen atoms in total. The van der Waals surface area contributed by atoms with Crippen molar-refractivity contribution >= 4 is 29.1 Å². The third kappa shape index (κ3) is 3.77. The van der Waals surface area contributed by atoms with Crippen LogP contribution in [0.15, 0.2) is 30.6 Å². The highest BCUT2D eigenvalue weighted by molar-refractivity contribution is 6.30. The number of nitrogens with two attached hydrogens (primary N) is 1. The molecule has 3 heterocycles. The number of hydrogen-bond donors (Lipinski definition) is 2. The van der Waals surface area contributed by atoms with Gasteiger partial charge in [0.2, 0.25) is 5.91 Å². The molecule has 2 aliphatic heterocycles. The Hall–Kier alpha value is -2.38. The number of amides is 1. The Morgan fingerprint density at radius 1 is 1.25 bits per heavy atom. The van der Waals surface area contributed by atoms with Crippen LogP contribution in [0, 0.1) is 0 Å². The Balaban J connectivity index is 1.37. The van der Waals surface area contributed by atoms with Crippen molar-refractivity contribution in [1.29, 1.82) is 0 Å². The maximum Gasteiger partial charge on any atom is 0.239 e. The molecule has 2 atom stereocenters. The Morgan fingerprint density at radius 2 is 1.96 bits per heavy atom. The Morgan fingerprint density at radius 3 is 2.68 bits per heavy atom. The van der Waals surface area contributed by atoms with E-state index in [2.05, 4.69) is 27.1 Å². The van der Waals surface area contributed by atoms with Crippen LogP contribution in [0.1, 0.15) is 24.0 Å². The molecule has 1 unspecified atom stereocenters. The number of anilines is 2. The molecule has 8 heteroatoms. The average molecular weight is 401 g/mol. The third-order valence-electron chi connectivity index (χ3n) is 5.51. The smallest absolute Gasteiger partial charge is 0.239 e. The van der Waals surface area contributed by atoms with E-state index >= 15 is 0 Å². The minimum Gasteiger partial charge on any atom is -0.369 e. The second kappa shape index (κ2) is 7.93. The van der Waals surface area contributed by atoms with E-state index in [1.54, 1.807) is 6.33 Å². The van der Waals surface area contributed by atoms with Gasteiger partial charge >= 0.3 is 0 Å². The van der Waals surface area contributed by atoms with Crippen molar-refractivity contribution in [2.45, 2.75) is 25.3 Å². The van der Waals surface area contributed by atoms with Gasteiger partial charge in [-0.2, -0.15) is 0 Å². The zero-order valence-electron chi connectivity index (χ0n) is 15.9. The van der Waals surface area contributed by atoms with Crippen molar-refractivity contribution in [3.05, 3.63) is 46.7 Å². The molecule has 0 aliphatic carbocycles. The van der Waals surface area contributed by atoms with Crippen molar-refractivity contribution in [3.63, 3.8) is 0 Å². The SMILES string of the molecule is CC1CNc2ncnc(N3CCN(C(=O)[C@H](N)Cc4ccc(Cl)cc4)CC3)c21. The summed E-state index contributed by atoms with van der Waals surface area (Å²) in [5.74, 6) is 2.30. The van der Waals surface area contributed by atoms with E-state index in [0.29, 0.717) is 30.5 Å². The number of carbonyl (C=O) groups excluding carboxylic acids is 1. The molecule has 148 valence electrons. The highest BCUT2D eigenvalue weighted by Gasteiger charge is 2.30. The van der Waals surface area contributed by atoms with Crippen molar-refractivity contribution in [1.82, 2.24) is 14.9 Å². The van der Waals surface area contributed by atoms with Crippen LogP contribution in [0.5, 0.6) is 0 Å². The highest BCUT2D eigenvalue weighted by atomic mass is 35.5. The first-order chi connectivity index (χ1) is 13.5. The second-order valence-corrected chi connectivity index (χ2v) is 7.93. The minimum atomic E-state index is -0.541. The topological polar surface area (TPSA) is 87.4 Å². The largest absolute Gasteiger partial charge is 0.369 e. The molecule has 2 aliphatic rings. The van der Waals surface area contributed by atoms with Gasteiger partial charge in [0, 0.05) is 49.2 Å². The third-order valence-corrected chi connectivity index (χ3v) is 5.76. The van der Waals surface area contributed by atoms with Crippen molar-refractivity contribution < 1.29 is 4.79 Å². The summed E-state index contributed by atoms with van der Waals surface area (Å²) in [6.07, 6.45) is 2.12. The fourth-order valence-corrected chi connectivity index (χ4v) is 4.05. The normalized spacial score (nSPS) is 19.9. The number of piperazine rings is 1. The van der Waals surface area contributed by atoms with Crippen molar-refractivity contribution in [3.8, 4) is 0 Å². The molecule has 1 fully saturated rings. The molecule has 28 heavy (non-hydrogen) atoms. The number of rotatable bonds is 4. The van der Waals surface area contributed by atoms with E-state index < -0.39 is 6.04 Å². The van der Waals surface area contributed by atoms with Crippen LogP contribution >= 0.6 is 11.6 Å². The number of halogens is 1. The number of benzene rings is 1. The van der Waals surface area contributed by atoms with Crippen molar-refractivity contribution in [2.24, 2.45) is 5.73 Å². The summed E-state index contributed by atoms with van der Waals surface area (Å²) < 4.78 is 0. The maximum absolute atomic E-state index is 12.8.